The van der Waals surface area contributed by atoms with Gasteiger partial charge in [0, 0.05) is 19.0 Å². The molecule has 0 spiro atoms. The number of hydrogen-bond acceptors (Lipinski definition) is 4. The number of nitrogen functional groups attached to an aromatic ring is 1. The molecule has 2 rings (SSSR count). The maximum atomic E-state index is 11.9. The molecule has 6 heteroatoms. The van der Waals surface area contributed by atoms with E-state index in [0.29, 0.717) is 24.5 Å². The van der Waals surface area contributed by atoms with E-state index < -0.39 is 0 Å². The second-order valence-corrected chi connectivity index (χ2v) is 4.29. The number of carbonyl (C=O) groups excluding carboxylic acids is 1. The van der Waals surface area contributed by atoms with Crippen molar-refractivity contribution in [1.29, 1.82) is 0 Å². The second-order valence-electron chi connectivity index (χ2n) is 4.29. The van der Waals surface area contributed by atoms with Crippen LogP contribution in [-0.2, 0) is 4.74 Å². The Hall–Kier alpha value is -1.33. The van der Waals surface area contributed by atoms with Crippen LogP contribution in [0.4, 0.5) is 5.69 Å². The summed E-state index contributed by atoms with van der Waals surface area (Å²) in [6.07, 6.45) is 1.54. The summed E-state index contributed by atoms with van der Waals surface area (Å²) in [5, 5.41) is 0. The summed E-state index contributed by atoms with van der Waals surface area (Å²) in [5.74, 6) is -0.0955. The van der Waals surface area contributed by atoms with Crippen LogP contribution in [0.1, 0.15) is 17.4 Å². The molecule has 0 radical (unpaired) electrons. The summed E-state index contributed by atoms with van der Waals surface area (Å²) >= 11 is 0. The van der Waals surface area contributed by atoms with Gasteiger partial charge in [-0.1, -0.05) is 0 Å². The number of rotatable bonds is 2. The normalized spacial score (nSPS) is 16.9. The van der Waals surface area contributed by atoms with Crippen molar-refractivity contribution in [1.82, 2.24) is 9.88 Å². The van der Waals surface area contributed by atoms with Gasteiger partial charge in [-0.2, -0.15) is 0 Å². The second kappa shape index (κ2) is 4.89. The predicted octanol–water partition coefficient (Wildman–Crippen LogP) is 0.946. The van der Waals surface area contributed by atoms with Crippen LogP contribution in [0.25, 0.3) is 0 Å². The molecule has 1 aromatic heterocycles. The third-order valence-corrected chi connectivity index (χ3v) is 2.83. The molecule has 1 aliphatic rings. The zero-order chi connectivity index (χ0) is 11.8. The largest absolute Gasteiger partial charge is 0.399 e. The highest BCUT2D eigenvalue weighted by Crippen LogP contribution is 2.25. The van der Waals surface area contributed by atoms with Gasteiger partial charge in [0.15, 0.2) is 0 Å². The van der Waals surface area contributed by atoms with Crippen LogP contribution in [0.3, 0.4) is 0 Å². The van der Waals surface area contributed by atoms with Gasteiger partial charge in [0.1, 0.15) is 11.3 Å². The van der Waals surface area contributed by atoms with E-state index in [2.05, 4.69) is 4.98 Å². The molecule has 0 atom stereocenters. The van der Waals surface area contributed by atoms with Gasteiger partial charge in [0.2, 0.25) is 0 Å². The van der Waals surface area contributed by atoms with Crippen molar-refractivity contribution in [2.24, 2.45) is 0 Å². The van der Waals surface area contributed by atoms with Gasteiger partial charge >= 0.3 is 0 Å². The standard InChI is InChI=1S/C11H15N3O2.ClH/c1-11(16-2)6-14(7-11)10(15)9-5-8(12)3-4-13-9;/h3-5H,6-7H2,1-2H3,(H2,12,13);1H. The van der Waals surface area contributed by atoms with E-state index in [-0.39, 0.29) is 23.9 Å². The van der Waals surface area contributed by atoms with E-state index in [1.165, 1.54) is 6.20 Å². The summed E-state index contributed by atoms with van der Waals surface area (Å²) in [6, 6.07) is 3.25. The van der Waals surface area contributed by atoms with Crippen molar-refractivity contribution in [2.45, 2.75) is 12.5 Å². The van der Waals surface area contributed by atoms with Crippen molar-refractivity contribution in [3.05, 3.63) is 24.0 Å². The van der Waals surface area contributed by atoms with E-state index in [0.717, 1.165) is 0 Å². The average Bonchev–Trinajstić information content (AvgIpc) is 2.24. The van der Waals surface area contributed by atoms with Crippen LogP contribution in [-0.4, -0.2) is 41.6 Å². The molecule has 1 fully saturated rings. The Bertz CT molecular complexity index is 419. The fourth-order valence-corrected chi connectivity index (χ4v) is 1.76. The number of likely N-dealkylation sites (tertiary alicyclic amines) is 1. The van der Waals surface area contributed by atoms with Crippen LogP contribution in [0, 0.1) is 0 Å². The molecule has 1 amide bonds. The van der Waals surface area contributed by atoms with E-state index in [1.54, 1.807) is 24.1 Å². The Morgan fingerprint density at radius 2 is 2.24 bits per heavy atom. The van der Waals surface area contributed by atoms with Gasteiger partial charge in [0.05, 0.1) is 13.1 Å². The van der Waals surface area contributed by atoms with Gasteiger partial charge in [-0.05, 0) is 19.1 Å². The average molecular weight is 258 g/mol. The molecular weight excluding hydrogens is 242 g/mol. The number of methoxy groups -OCH3 is 1. The molecule has 5 nitrogen and oxygen atoms in total. The highest BCUT2D eigenvalue weighted by atomic mass is 35.5. The monoisotopic (exact) mass is 257 g/mol. The highest BCUT2D eigenvalue weighted by molar-refractivity contribution is 5.93. The molecular formula is C11H16ClN3O2. The lowest BCUT2D eigenvalue weighted by Gasteiger charge is -2.46. The van der Waals surface area contributed by atoms with Crippen LogP contribution in [0.5, 0.6) is 0 Å². The molecule has 0 aliphatic carbocycles. The van der Waals surface area contributed by atoms with E-state index in [1.807, 2.05) is 6.92 Å². The fraction of sp³-hybridized carbons (Fsp3) is 0.455. The van der Waals surface area contributed by atoms with E-state index in [9.17, 15) is 4.79 Å². The maximum Gasteiger partial charge on any atom is 0.272 e. The molecule has 0 unspecified atom stereocenters. The number of pyridine rings is 1. The lowest BCUT2D eigenvalue weighted by molar-refractivity contribution is -0.0949. The van der Waals surface area contributed by atoms with Crippen LogP contribution < -0.4 is 5.73 Å². The lowest BCUT2D eigenvalue weighted by Crippen LogP contribution is -2.62. The van der Waals surface area contributed by atoms with Gasteiger partial charge in [0.25, 0.3) is 5.91 Å². The van der Waals surface area contributed by atoms with Crippen LogP contribution in [0.2, 0.25) is 0 Å². The number of ether oxygens (including phenoxy) is 1. The number of hydrogen-bond donors (Lipinski definition) is 1. The molecule has 17 heavy (non-hydrogen) atoms. The summed E-state index contributed by atoms with van der Waals surface area (Å²) in [7, 11) is 1.65. The van der Waals surface area contributed by atoms with Gasteiger partial charge in [-0.25, -0.2) is 0 Å². The first kappa shape index (κ1) is 13.7. The van der Waals surface area contributed by atoms with Crippen LogP contribution >= 0.6 is 12.4 Å². The third-order valence-electron chi connectivity index (χ3n) is 2.83. The Labute approximate surface area is 106 Å². The first-order valence-corrected chi connectivity index (χ1v) is 5.10. The summed E-state index contributed by atoms with van der Waals surface area (Å²) in [5.41, 5.74) is 6.32. The Morgan fingerprint density at radius 1 is 1.59 bits per heavy atom. The molecule has 0 bridgehead atoms. The van der Waals surface area contributed by atoms with Gasteiger partial charge in [-0.3, -0.25) is 9.78 Å². The van der Waals surface area contributed by atoms with Gasteiger partial charge < -0.3 is 15.4 Å². The minimum absolute atomic E-state index is 0. The fourth-order valence-electron chi connectivity index (χ4n) is 1.76. The zero-order valence-corrected chi connectivity index (χ0v) is 10.7. The lowest BCUT2D eigenvalue weighted by atomic mass is 9.96. The Balaban J connectivity index is 0.00000144. The number of halogens is 1. The number of carbonyl (C=O) groups is 1. The smallest absolute Gasteiger partial charge is 0.272 e. The highest BCUT2D eigenvalue weighted by Gasteiger charge is 2.41. The van der Waals surface area contributed by atoms with Crippen molar-refractivity contribution < 1.29 is 9.53 Å². The molecule has 0 saturated carbocycles. The predicted molar refractivity (Wildman–Crippen MR) is 67.2 cm³/mol. The topological polar surface area (TPSA) is 68.5 Å². The first-order valence-electron chi connectivity index (χ1n) is 5.10. The molecule has 2 heterocycles. The Morgan fingerprint density at radius 3 is 2.76 bits per heavy atom. The third kappa shape index (κ3) is 2.68. The molecule has 1 saturated heterocycles. The van der Waals surface area contributed by atoms with Crippen molar-refractivity contribution in [2.75, 3.05) is 25.9 Å². The maximum absolute atomic E-state index is 11.9. The minimum atomic E-state index is -0.212. The zero-order valence-electron chi connectivity index (χ0n) is 9.84. The number of aromatic nitrogens is 1. The van der Waals surface area contributed by atoms with Crippen molar-refractivity contribution in [3.63, 3.8) is 0 Å². The van der Waals surface area contributed by atoms with Crippen molar-refractivity contribution >= 4 is 24.0 Å². The number of nitrogens with two attached hydrogens (primary N) is 1. The minimum Gasteiger partial charge on any atom is -0.399 e. The first-order chi connectivity index (χ1) is 7.54. The van der Waals surface area contributed by atoms with E-state index >= 15 is 0 Å². The summed E-state index contributed by atoms with van der Waals surface area (Å²) in [6.45, 7) is 3.17. The van der Waals surface area contributed by atoms with E-state index in [4.69, 9.17) is 10.5 Å². The van der Waals surface area contributed by atoms with Gasteiger partial charge in [-0.15, -0.1) is 12.4 Å². The number of nitrogens with zero attached hydrogens (tertiary/aromatic N) is 2. The SMILES string of the molecule is COC1(C)CN(C(=O)c2cc(N)ccn2)C1.Cl. The molecule has 0 aromatic carbocycles. The molecule has 1 aliphatic heterocycles. The van der Waals surface area contributed by atoms with Crippen molar-refractivity contribution in [3.8, 4) is 0 Å². The Kier molecular flexibility index (Phi) is 3.95. The molecule has 1 aromatic rings. The number of amides is 1. The quantitative estimate of drug-likeness (QED) is 0.856. The number of anilines is 1. The molecule has 2 N–H and O–H groups in total. The van der Waals surface area contributed by atoms with Crippen LogP contribution in [0.15, 0.2) is 18.3 Å². The summed E-state index contributed by atoms with van der Waals surface area (Å²) < 4.78 is 5.27. The molecule has 94 valence electrons. The summed E-state index contributed by atoms with van der Waals surface area (Å²) in [4.78, 5) is 17.6.